The Bertz CT molecular complexity index is 1280. The van der Waals surface area contributed by atoms with Crippen molar-refractivity contribution in [1.82, 2.24) is 4.90 Å². The summed E-state index contributed by atoms with van der Waals surface area (Å²) in [7, 11) is 1.54. The fraction of sp³-hybridized carbons (Fsp3) is 0.241. The monoisotopic (exact) mass is 489 g/mol. The zero-order valence-corrected chi connectivity index (χ0v) is 20.2. The Kier molecular flexibility index (Phi) is 7.80. The number of Topliss-reactive ketones (excluding diaryl/α,β-unsaturated/α-hetero) is 1. The molecule has 0 aliphatic carbocycles. The van der Waals surface area contributed by atoms with Gasteiger partial charge in [-0.05, 0) is 49.2 Å². The second-order valence-electron chi connectivity index (χ2n) is 8.66. The summed E-state index contributed by atoms with van der Waals surface area (Å²) in [5.41, 5.74) is 2.50. The van der Waals surface area contributed by atoms with Gasteiger partial charge >= 0.3 is 0 Å². The number of methoxy groups -OCH3 is 1. The van der Waals surface area contributed by atoms with Crippen LogP contribution in [0, 0.1) is 12.7 Å². The van der Waals surface area contributed by atoms with E-state index in [4.69, 9.17) is 9.47 Å². The van der Waals surface area contributed by atoms with E-state index in [0.717, 1.165) is 11.1 Å². The summed E-state index contributed by atoms with van der Waals surface area (Å²) in [5, 5.41) is 11.1. The molecule has 0 bridgehead atoms. The molecule has 4 rings (SSSR count). The molecule has 0 saturated carbocycles. The number of hydrogen-bond donors (Lipinski definition) is 1. The SMILES string of the molecule is COCCCN1C(=O)C(=O)/C(=C(/O)c2ccc(OCc3cccc(C)c3)cc2)[C@@H]1c1ccccc1F. The average Bonchev–Trinajstić information content (AvgIpc) is 3.13. The highest BCUT2D eigenvalue weighted by Crippen LogP contribution is 2.40. The van der Waals surface area contributed by atoms with Gasteiger partial charge in [0, 0.05) is 31.4 Å². The van der Waals surface area contributed by atoms with Crippen molar-refractivity contribution in [1.29, 1.82) is 0 Å². The number of aliphatic hydroxyl groups is 1. The Balaban J connectivity index is 1.64. The predicted molar refractivity (Wildman–Crippen MR) is 134 cm³/mol. The molecule has 7 heteroatoms. The molecule has 3 aromatic rings. The molecule has 1 aliphatic rings. The lowest BCUT2D eigenvalue weighted by atomic mass is 9.95. The van der Waals surface area contributed by atoms with Crippen LogP contribution in [0.5, 0.6) is 5.75 Å². The van der Waals surface area contributed by atoms with E-state index in [-0.39, 0.29) is 23.4 Å². The summed E-state index contributed by atoms with van der Waals surface area (Å²) in [4.78, 5) is 27.2. The van der Waals surface area contributed by atoms with Crippen molar-refractivity contribution in [3.05, 3.63) is 106 Å². The van der Waals surface area contributed by atoms with Crippen LogP contribution in [0.4, 0.5) is 4.39 Å². The number of aryl methyl sites for hydroxylation is 1. The minimum atomic E-state index is -1.04. The third kappa shape index (κ3) is 5.31. The van der Waals surface area contributed by atoms with E-state index < -0.39 is 23.5 Å². The van der Waals surface area contributed by atoms with Crippen LogP contribution in [0.3, 0.4) is 0 Å². The van der Waals surface area contributed by atoms with Crippen molar-refractivity contribution in [2.75, 3.05) is 20.3 Å². The molecule has 1 aliphatic heterocycles. The highest BCUT2D eigenvalue weighted by Gasteiger charge is 2.46. The molecule has 0 aromatic heterocycles. The third-order valence-electron chi connectivity index (χ3n) is 6.10. The number of amides is 1. The number of hydrogen-bond acceptors (Lipinski definition) is 5. The van der Waals surface area contributed by atoms with Crippen LogP contribution in [0.25, 0.3) is 5.76 Å². The molecule has 1 saturated heterocycles. The van der Waals surface area contributed by atoms with Crippen molar-refractivity contribution < 1.29 is 28.6 Å². The minimum Gasteiger partial charge on any atom is -0.507 e. The number of likely N-dealkylation sites (tertiary alicyclic amines) is 1. The smallest absolute Gasteiger partial charge is 0.295 e. The summed E-state index contributed by atoms with van der Waals surface area (Å²) in [5.74, 6) is -1.97. The summed E-state index contributed by atoms with van der Waals surface area (Å²) in [6, 6.07) is 19.5. The Hall–Kier alpha value is -3.97. The van der Waals surface area contributed by atoms with E-state index >= 15 is 0 Å². The summed E-state index contributed by atoms with van der Waals surface area (Å²) < 4.78 is 25.7. The van der Waals surface area contributed by atoms with Gasteiger partial charge in [0.15, 0.2) is 0 Å². The highest BCUT2D eigenvalue weighted by atomic mass is 19.1. The van der Waals surface area contributed by atoms with E-state index in [0.29, 0.717) is 30.9 Å². The van der Waals surface area contributed by atoms with Gasteiger partial charge < -0.3 is 19.5 Å². The molecule has 186 valence electrons. The van der Waals surface area contributed by atoms with Crippen LogP contribution in [0.2, 0.25) is 0 Å². The van der Waals surface area contributed by atoms with E-state index in [2.05, 4.69) is 0 Å². The van der Waals surface area contributed by atoms with E-state index in [1.54, 1.807) is 30.3 Å². The number of carbonyl (C=O) groups is 2. The minimum absolute atomic E-state index is 0.143. The first-order chi connectivity index (χ1) is 17.4. The Labute approximate surface area is 209 Å². The molecule has 1 amide bonds. The molecule has 6 nitrogen and oxygen atoms in total. The van der Waals surface area contributed by atoms with E-state index in [1.807, 2.05) is 31.2 Å². The van der Waals surface area contributed by atoms with Crippen molar-refractivity contribution in [3.8, 4) is 5.75 Å². The number of ketones is 1. The molecule has 3 aromatic carbocycles. The maximum absolute atomic E-state index is 14.8. The lowest BCUT2D eigenvalue weighted by molar-refractivity contribution is -0.140. The van der Waals surface area contributed by atoms with Crippen molar-refractivity contribution in [2.45, 2.75) is 26.0 Å². The Morgan fingerprint density at radius 2 is 1.78 bits per heavy atom. The number of nitrogens with zero attached hydrogens (tertiary/aromatic N) is 1. The molecule has 1 atom stereocenters. The number of benzene rings is 3. The van der Waals surface area contributed by atoms with Crippen molar-refractivity contribution >= 4 is 17.4 Å². The molecule has 1 heterocycles. The third-order valence-corrected chi connectivity index (χ3v) is 6.10. The van der Waals surface area contributed by atoms with Gasteiger partial charge in [-0.1, -0.05) is 48.0 Å². The summed E-state index contributed by atoms with van der Waals surface area (Å²) >= 11 is 0. The van der Waals surface area contributed by atoms with E-state index in [9.17, 15) is 19.1 Å². The van der Waals surface area contributed by atoms with Gasteiger partial charge in [0.2, 0.25) is 0 Å². The predicted octanol–water partition coefficient (Wildman–Crippen LogP) is 5.17. The van der Waals surface area contributed by atoms with Crippen molar-refractivity contribution in [2.24, 2.45) is 0 Å². The Morgan fingerprint density at radius 3 is 2.47 bits per heavy atom. The van der Waals surface area contributed by atoms with Crippen LogP contribution >= 0.6 is 0 Å². The maximum Gasteiger partial charge on any atom is 0.295 e. The number of ether oxygens (including phenoxy) is 2. The van der Waals surface area contributed by atoms with Gasteiger partial charge in [-0.15, -0.1) is 0 Å². The lowest BCUT2D eigenvalue weighted by Crippen LogP contribution is -2.31. The standard InChI is InChI=1S/C29H28FNO5/c1-19-7-5-8-20(17-19)18-36-22-13-11-21(12-14-22)27(32)25-26(23-9-3-4-10-24(23)30)31(15-6-16-35-2)29(34)28(25)33/h3-5,7-14,17,26,32H,6,15-16,18H2,1-2H3/b27-25+/t26-/m0/s1. The molecule has 36 heavy (non-hydrogen) atoms. The number of halogens is 1. The molecular weight excluding hydrogens is 461 g/mol. The molecule has 1 N–H and O–H groups in total. The largest absolute Gasteiger partial charge is 0.507 e. The Morgan fingerprint density at radius 1 is 1.03 bits per heavy atom. The summed E-state index contributed by atoms with van der Waals surface area (Å²) in [6.45, 7) is 2.95. The van der Waals surface area contributed by atoms with E-state index in [1.165, 1.54) is 30.2 Å². The topological polar surface area (TPSA) is 76.1 Å². The van der Waals surface area contributed by atoms with Gasteiger partial charge in [0.1, 0.15) is 23.9 Å². The van der Waals surface area contributed by atoms with Gasteiger partial charge in [-0.25, -0.2) is 4.39 Å². The molecule has 0 unspecified atom stereocenters. The lowest BCUT2D eigenvalue weighted by Gasteiger charge is -2.25. The van der Waals surface area contributed by atoms with Crippen LogP contribution in [-0.2, 0) is 20.9 Å². The average molecular weight is 490 g/mol. The zero-order chi connectivity index (χ0) is 25.7. The highest BCUT2D eigenvalue weighted by molar-refractivity contribution is 6.46. The van der Waals surface area contributed by atoms with Crippen LogP contribution in [-0.4, -0.2) is 42.0 Å². The normalized spacial score (nSPS) is 17.0. The van der Waals surface area contributed by atoms with Crippen LogP contribution < -0.4 is 4.74 Å². The van der Waals surface area contributed by atoms with Gasteiger partial charge in [-0.3, -0.25) is 9.59 Å². The maximum atomic E-state index is 14.8. The second kappa shape index (κ2) is 11.2. The number of rotatable bonds is 9. The van der Waals surface area contributed by atoms with Crippen LogP contribution in [0.1, 0.15) is 34.7 Å². The fourth-order valence-corrected chi connectivity index (χ4v) is 4.34. The number of aliphatic hydroxyl groups excluding tert-OH is 1. The van der Waals surface area contributed by atoms with Crippen LogP contribution in [0.15, 0.2) is 78.4 Å². The first kappa shape index (κ1) is 25.1. The molecule has 1 fully saturated rings. The molecule has 0 spiro atoms. The first-order valence-electron chi connectivity index (χ1n) is 11.7. The number of carbonyl (C=O) groups excluding carboxylic acids is 2. The van der Waals surface area contributed by atoms with Crippen molar-refractivity contribution in [3.63, 3.8) is 0 Å². The fourth-order valence-electron chi connectivity index (χ4n) is 4.34. The second-order valence-corrected chi connectivity index (χ2v) is 8.66. The molecule has 0 radical (unpaired) electrons. The van der Waals surface area contributed by atoms with Gasteiger partial charge in [0.05, 0.1) is 11.6 Å². The summed E-state index contributed by atoms with van der Waals surface area (Å²) in [6.07, 6.45) is 0.460. The molecular formula is C29H28FNO5. The quantitative estimate of drug-likeness (QED) is 0.194. The van der Waals surface area contributed by atoms with Gasteiger partial charge in [0.25, 0.3) is 11.7 Å². The zero-order valence-electron chi connectivity index (χ0n) is 20.2. The first-order valence-corrected chi connectivity index (χ1v) is 11.7. The van der Waals surface area contributed by atoms with Gasteiger partial charge in [-0.2, -0.15) is 0 Å².